The van der Waals surface area contributed by atoms with E-state index in [0.29, 0.717) is 19.4 Å². The number of rotatable bonds is 9. The first-order valence-corrected chi connectivity index (χ1v) is 9.99. The summed E-state index contributed by atoms with van der Waals surface area (Å²) in [5.41, 5.74) is 2.29. The summed E-state index contributed by atoms with van der Waals surface area (Å²) in [5, 5.41) is 12.1. The molecule has 2 N–H and O–H groups in total. The Morgan fingerprint density at radius 3 is 3.00 bits per heavy atom. The van der Waals surface area contributed by atoms with Gasteiger partial charge in [0.1, 0.15) is 5.82 Å². The Morgan fingerprint density at radius 1 is 1.33 bits per heavy atom. The van der Waals surface area contributed by atoms with Gasteiger partial charge in [0.25, 0.3) is 5.92 Å². The van der Waals surface area contributed by atoms with E-state index in [4.69, 9.17) is 5.11 Å². The highest BCUT2D eigenvalue weighted by molar-refractivity contribution is 5.69. The molecule has 0 unspecified atom stereocenters. The zero-order chi connectivity index (χ0) is 19.3. The number of fused-ring (bicyclic) bond motifs is 1. The van der Waals surface area contributed by atoms with E-state index in [1.54, 1.807) is 4.90 Å². The fourth-order valence-electron chi connectivity index (χ4n) is 4.07. The molecule has 0 aliphatic carbocycles. The van der Waals surface area contributed by atoms with Crippen LogP contribution in [0.3, 0.4) is 0 Å². The average molecular weight is 381 g/mol. The first-order valence-electron chi connectivity index (χ1n) is 9.99. The topological polar surface area (TPSA) is 65.5 Å². The summed E-state index contributed by atoms with van der Waals surface area (Å²) in [6.45, 7) is 1.45. The van der Waals surface area contributed by atoms with Gasteiger partial charge >= 0.3 is 5.97 Å². The van der Waals surface area contributed by atoms with Gasteiger partial charge in [-0.2, -0.15) is 0 Å². The fraction of sp³-hybridized carbons (Fsp3) is 0.700. The number of hydrogen-bond acceptors (Lipinski definition) is 4. The third-order valence-electron chi connectivity index (χ3n) is 5.62. The molecule has 5 nitrogen and oxygen atoms in total. The number of hydrogen-bond donors (Lipinski definition) is 2. The SMILES string of the molecule is O=C(O)CN1CC[C@@H](C(F)(F)CCCCCc2ccc3c(n2)NCCC3)C1. The van der Waals surface area contributed by atoms with Crippen LogP contribution in [0.2, 0.25) is 0 Å². The first-order chi connectivity index (χ1) is 12.9. The summed E-state index contributed by atoms with van der Waals surface area (Å²) in [4.78, 5) is 17.0. The van der Waals surface area contributed by atoms with Gasteiger partial charge in [-0.25, -0.2) is 13.8 Å². The van der Waals surface area contributed by atoms with Crippen molar-refractivity contribution in [1.82, 2.24) is 9.88 Å². The van der Waals surface area contributed by atoms with Gasteiger partial charge in [0, 0.05) is 31.1 Å². The van der Waals surface area contributed by atoms with E-state index >= 15 is 0 Å². The number of unbranched alkanes of at least 4 members (excludes halogenated alkanes) is 2. The lowest BCUT2D eigenvalue weighted by molar-refractivity contribution is -0.138. The summed E-state index contributed by atoms with van der Waals surface area (Å²) in [7, 11) is 0. The lowest BCUT2D eigenvalue weighted by Gasteiger charge is -2.23. The van der Waals surface area contributed by atoms with Crippen LogP contribution >= 0.6 is 0 Å². The maximum Gasteiger partial charge on any atom is 0.317 e. The molecule has 27 heavy (non-hydrogen) atoms. The van der Waals surface area contributed by atoms with E-state index < -0.39 is 17.8 Å². The number of nitrogens with zero attached hydrogens (tertiary/aromatic N) is 2. The van der Waals surface area contributed by atoms with E-state index in [1.807, 2.05) is 0 Å². The lowest BCUT2D eigenvalue weighted by Crippen LogP contribution is -2.33. The second kappa shape index (κ2) is 8.95. The quantitative estimate of drug-likeness (QED) is 0.640. The smallest absolute Gasteiger partial charge is 0.317 e. The molecule has 0 spiro atoms. The van der Waals surface area contributed by atoms with Gasteiger partial charge in [-0.3, -0.25) is 9.69 Å². The van der Waals surface area contributed by atoms with E-state index in [9.17, 15) is 13.6 Å². The highest BCUT2D eigenvalue weighted by atomic mass is 19.3. The number of halogens is 2. The molecule has 3 rings (SSSR count). The fourth-order valence-corrected chi connectivity index (χ4v) is 4.07. The Labute approximate surface area is 159 Å². The van der Waals surface area contributed by atoms with Crippen molar-refractivity contribution >= 4 is 11.8 Å². The largest absolute Gasteiger partial charge is 0.480 e. The maximum atomic E-state index is 14.4. The van der Waals surface area contributed by atoms with Crippen LogP contribution in [0, 0.1) is 5.92 Å². The molecule has 1 fully saturated rings. The Hall–Kier alpha value is -1.76. The first kappa shape index (κ1) is 20.0. The summed E-state index contributed by atoms with van der Waals surface area (Å²) < 4.78 is 28.8. The molecule has 0 amide bonds. The van der Waals surface area contributed by atoms with Crippen molar-refractivity contribution < 1.29 is 18.7 Å². The number of anilines is 1. The number of carboxylic acids is 1. The predicted molar refractivity (Wildman–Crippen MR) is 100 cm³/mol. The number of aryl methyl sites for hydroxylation is 2. The second-order valence-corrected chi connectivity index (χ2v) is 7.78. The molecule has 1 aromatic heterocycles. The molecular formula is C20H29F2N3O2. The van der Waals surface area contributed by atoms with Gasteiger partial charge in [0.05, 0.1) is 6.54 Å². The van der Waals surface area contributed by atoms with Crippen molar-refractivity contribution in [2.45, 2.75) is 57.3 Å². The van der Waals surface area contributed by atoms with Crippen LogP contribution in [0.5, 0.6) is 0 Å². The third-order valence-corrected chi connectivity index (χ3v) is 5.62. The molecule has 2 aliphatic rings. The lowest BCUT2D eigenvalue weighted by atomic mass is 9.95. The minimum atomic E-state index is -2.71. The van der Waals surface area contributed by atoms with E-state index in [2.05, 4.69) is 22.4 Å². The molecule has 0 bridgehead atoms. The molecule has 1 atom stereocenters. The molecule has 0 saturated carbocycles. The van der Waals surface area contributed by atoms with Crippen LogP contribution in [-0.2, 0) is 17.6 Å². The Kier molecular flexibility index (Phi) is 6.63. The van der Waals surface area contributed by atoms with Crippen molar-refractivity contribution in [2.75, 3.05) is 31.5 Å². The standard InChI is InChI=1S/C20H29F2N3O2/c21-20(22,16-9-12-25(13-16)14-18(26)27)10-3-1-2-6-17-8-7-15-5-4-11-23-19(15)24-17/h7-8,16H,1-6,9-14H2,(H,23,24)(H,26,27)/t16-/m1/s1. The highest BCUT2D eigenvalue weighted by Crippen LogP contribution is 2.36. The molecule has 150 valence electrons. The van der Waals surface area contributed by atoms with Gasteiger partial charge in [-0.15, -0.1) is 0 Å². The van der Waals surface area contributed by atoms with Crippen molar-refractivity contribution in [2.24, 2.45) is 5.92 Å². The molecule has 7 heteroatoms. The van der Waals surface area contributed by atoms with Crippen LogP contribution < -0.4 is 5.32 Å². The number of alkyl halides is 2. The van der Waals surface area contributed by atoms with Crippen LogP contribution in [0.1, 0.15) is 49.8 Å². The second-order valence-electron chi connectivity index (χ2n) is 7.78. The number of likely N-dealkylation sites (tertiary alicyclic amines) is 1. The molecule has 1 saturated heterocycles. The normalized spacial score (nSPS) is 20.3. The van der Waals surface area contributed by atoms with Crippen LogP contribution in [0.25, 0.3) is 0 Å². The number of pyridine rings is 1. The monoisotopic (exact) mass is 381 g/mol. The number of carboxylic acid groups (broad SMARTS) is 1. The summed E-state index contributed by atoms with van der Waals surface area (Å²) in [5.74, 6) is -3.39. The predicted octanol–water partition coefficient (Wildman–Crippen LogP) is 3.58. The summed E-state index contributed by atoms with van der Waals surface area (Å²) in [6.07, 6.45) is 5.39. The molecule has 1 aromatic rings. The number of nitrogens with one attached hydrogen (secondary N) is 1. The van der Waals surface area contributed by atoms with Crippen molar-refractivity contribution in [3.63, 3.8) is 0 Å². The van der Waals surface area contributed by atoms with Gasteiger partial charge in [0.2, 0.25) is 0 Å². The van der Waals surface area contributed by atoms with Crippen LogP contribution in [-0.4, -0.2) is 53.1 Å². The molecule has 2 aliphatic heterocycles. The number of carbonyl (C=O) groups is 1. The number of aliphatic carboxylic acids is 1. The summed E-state index contributed by atoms with van der Waals surface area (Å²) in [6, 6.07) is 4.18. The van der Waals surface area contributed by atoms with Gasteiger partial charge < -0.3 is 10.4 Å². The van der Waals surface area contributed by atoms with Crippen molar-refractivity contribution in [3.05, 3.63) is 23.4 Å². The van der Waals surface area contributed by atoms with E-state index in [1.165, 1.54) is 5.56 Å². The molecule has 3 heterocycles. The zero-order valence-corrected chi connectivity index (χ0v) is 15.7. The van der Waals surface area contributed by atoms with Crippen molar-refractivity contribution in [1.29, 1.82) is 0 Å². The Bertz CT molecular complexity index is 654. The van der Waals surface area contributed by atoms with Gasteiger partial charge in [-0.1, -0.05) is 12.5 Å². The minimum absolute atomic E-state index is 0.113. The third kappa shape index (κ3) is 5.61. The highest BCUT2D eigenvalue weighted by Gasteiger charge is 2.42. The number of aromatic nitrogens is 1. The van der Waals surface area contributed by atoms with E-state index in [0.717, 1.165) is 50.2 Å². The Morgan fingerprint density at radius 2 is 2.19 bits per heavy atom. The van der Waals surface area contributed by atoms with Gasteiger partial charge in [-0.05, 0) is 56.7 Å². The summed E-state index contributed by atoms with van der Waals surface area (Å²) >= 11 is 0. The maximum absolute atomic E-state index is 14.4. The van der Waals surface area contributed by atoms with Crippen molar-refractivity contribution in [3.8, 4) is 0 Å². The average Bonchev–Trinajstić information content (AvgIpc) is 3.10. The zero-order valence-electron chi connectivity index (χ0n) is 15.7. The van der Waals surface area contributed by atoms with E-state index in [-0.39, 0.29) is 19.5 Å². The van der Waals surface area contributed by atoms with Crippen LogP contribution in [0.15, 0.2) is 12.1 Å². The minimum Gasteiger partial charge on any atom is -0.480 e. The Balaban J connectivity index is 1.36. The molecular weight excluding hydrogens is 352 g/mol. The molecule has 0 radical (unpaired) electrons. The molecule has 0 aromatic carbocycles. The van der Waals surface area contributed by atoms with Gasteiger partial charge in [0.15, 0.2) is 0 Å². The van der Waals surface area contributed by atoms with Crippen LogP contribution in [0.4, 0.5) is 14.6 Å².